The number of imide groups is 1. The molecule has 1 aromatic rings. The maximum atomic E-state index is 12.6. The molecule has 3 heterocycles. The van der Waals surface area contributed by atoms with E-state index in [0.717, 1.165) is 76.3 Å². The number of piperazine rings is 1. The quantitative estimate of drug-likeness (QED) is 0.659. The van der Waals surface area contributed by atoms with Gasteiger partial charge in [-0.25, -0.2) is 4.79 Å². The predicted octanol–water partition coefficient (Wildman–Crippen LogP) is 2.61. The van der Waals surface area contributed by atoms with E-state index in [1.807, 2.05) is 32.0 Å². The van der Waals surface area contributed by atoms with Crippen LogP contribution in [0.15, 0.2) is 24.3 Å². The average molecular weight is 442 g/mol. The summed E-state index contributed by atoms with van der Waals surface area (Å²) in [6.07, 6.45) is 3.66. The summed E-state index contributed by atoms with van der Waals surface area (Å²) in [5, 5.41) is 2.97. The Morgan fingerprint density at radius 2 is 1.84 bits per heavy atom. The molecule has 0 radical (unpaired) electrons. The fourth-order valence-electron chi connectivity index (χ4n) is 4.80. The van der Waals surface area contributed by atoms with E-state index in [2.05, 4.69) is 21.2 Å². The molecule has 0 bridgehead atoms. The molecule has 0 aromatic heterocycles. The first-order chi connectivity index (χ1) is 15.4. The molecule has 3 aliphatic rings. The smallest absolute Gasteiger partial charge is 0.327 e. The Labute approximate surface area is 190 Å². The number of fused-ring (bicyclic) bond motifs is 1. The van der Waals surface area contributed by atoms with Gasteiger partial charge >= 0.3 is 6.03 Å². The number of nitrogens with one attached hydrogen (secondary N) is 1. The number of carbonyl (C=O) groups excluding carboxylic acids is 3. The van der Waals surface area contributed by atoms with Crippen LogP contribution in [0.25, 0.3) is 0 Å². The second-order valence-electron chi connectivity index (χ2n) is 9.35. The number of amides is 4. The highest BCUT2D eigenvalue weighted by Crippen LogP contribution is 2.27. The number of piperidine rings is 1. The monoisotopic (exact) mass is 441 g/mol. The summed E-state index contributed by atoms with van der Waals surface area (Å²) in [6, 6.07) is 7.73. The molecule has 0 aliphatic carbocycles. The lowest BCUT2D eigenvalue weighted by Gasteiger charge is -2.36. The molecule has 1 aromatic carbocycles. The summed E-state index contributed by atoms with van der Waals surface area (Å²) in [5.41, 5.74) is 1.95. The third-order valence-electron chi connectivity index (χ3n) is 6.76. The number of benzene rings is 1. The molecule has 3 saturated heterocycles. The maximum absolute atomic E-state index is 12.6. The van der Waals surface area contributed by atoms with Crippen LogP contribution >= 0.6 is 0 Å². The number of nitrogens with zero attached hydrogens (tertiary/aromatic N) is 4. The van der Waals surface area contributed by atoms with E-state index >= 15 is 0 Å². The molecule has 1 unspecified atom stereocenters. The van der Waals surface area contributed by atoms with Crippen molar-refractivity contribution in [3.8, 4) is 0 Å². The first kappa shape index (κ1) is 22.6. The Morgan fingerprint density at radius 3 is 2.56 bits per heavy atom. The van der Waals surface area contributed by atoms with Crippen molar-refractivity contribution in [2.45, 2.75) is 45.6 Å². The lowest BCUT2D eigenvalue weighted by Crippen LogP contribution is -2.47. The third kappa shape index (κ3) is 4.90. The molecule has 1 N–H and O–H groups in total. The van der Waals surface area contributed by atoms with Gasteiger partial charge in [-0.3, -0.25) is 19.4 Å². The summed E-state index contributed by atoms with van der Waals surface area (Å²) < 4.78 is 0. The molecular formula is C24H35N5O3. The van der Waals surface area contributed by atoms with Crippen molar-refractivity contribution in [2.75, 3.05) is 56.0 Å². The van der Waals surface area contributed by atoms with Crippen molar-refractivity contribution in [2.24, 2.45) is 5.92 Å². The fourth-order valence-corrected chi connectivity index (χ4v) is 4.80. The van der Waals surface area contributed by atoms with Crippen LogP contribution in [-0.2, 0) is 9.59 Å². The van der Waals surface area contributed by atoms with Gasteiger partial charge in [-0.05, 0) is 50.4 Å². The van der Waals surface area contributed by atoms with E-state index in [1.54, 1.807) is 4.90 Å². The zero-order chi connectivity index (χ0) is 22.7. The highest BCUT2D eigenvalue weighted by molar-refractivity contribution is 6.04. The Hall–Kier alpha value is -2.61. The van der Waals surface area contributed by atoms with Crippen LogP contribution in [0.1, 0.15) is 39.5 Å². The van der Waals surface area contributed by atoms with Crippen LogP contribution in [-0.4, -0.2) is 84.4 Å². The fraction of sp³-hybridized carbons (Fsp3) is 0.625. The molecule has 3 fully saturated rings. The summed E-state index contributed by atoms with van der Waals surface area (Å²) >= 11 is 0. The van der Waals surface area contributed by atoms with Crippen molar-refractivity contribution in [3.05, 3.63) is 24.3 Å². The van der Waals surface area contributed by atoms with Gasteiger partial charge in [-0.15, -0.1) is 0 Å². The minimum atomic E-state index is -0.208. The second kappa shape index (κ2) is 9.90. The van der Waals surface area contributed by atoms with Gasteiger partial charge in [-0.2, -0.15) is 0 Å². The van der Waals surface area contributed by atoms with Gasteiger partial charge in [0.1, 0.15) is 6.04 Å². The number of anilines is 2. The summed E-state index contributed by atoms with van der Waals surface area (Å²) in [5.74, 6) is -0.0171. The highest BCUT2D eigenvalue weighted by Gasteiger charge is 2.45. The number of carbonyl (C=O) groups is 3. The van der Waals surface area contributed by atoms with E-state index in [9.17, 15) is 14.4 Å². The van der Waals surface area contributed by atoms with Gasteiger partial charge in [0.2, 0.25) is 5.91 Å². The van der Waals surface area contributed by atoms with Crippen LogP contribution in [0, 0.1) is 5.92 Å². The van der Waals surface area contributed by atoms with Gasteiger partial charge in [0.25, 0.3) is 5.91 Å². The maximum Gasteiger partial charge on any atom is 0.327 e. The molecular weight excluding hydrogens is 406 g/mol. The number of urea groups is 1. The molecule has 32 heavy (non-hydrogen) atoms. The van der Waals surface area contributed by atoms with Gasteiger partial charge in [-0.1, -0.05) is 19.9 Å². The van der Waals surface area contributed by atoms with E-state index < -0.39 is 0 Å². The topological polar surface area (TPSA) is 76.2 Å². The molecule has 4 amide bonds. The number of rotatable bonds is 7. The number of hydrogen-bond acceptors (Lipinski definition) is 5. The Bertz CT molecular complexity index is 826. The third-order valence-corrected chi connectivity index (χ3v) is 6.76. The van der Waals surface area contributed by atoms with Crippen molar-refractivity contribution in [3.63, 3.8) is 0 Å². The van der Waals surface area contributed by atoms with Crippen LogP contribution in [0.5, 0.6) is 0 Å². The van der Waals surface area contributed by atoms with E-state index in [-0.39, 0.29) is 29.8 Å². The van der Waals surface area contributed by atoms with E-state index in [1.165, 1.54) is 4.90 Å². The van der Waals surface area contributed by atoms with Crippen LogP contribution in [0.3, 0.4) is 0 Å². The largest absolute Gasteiger partial charge is 0.369 e. The zero-order valence-corrected chi connectivity index (χ0v) is 19.3. The Morgan fingerprint density at radius 1 is 1.06 bits per heavy atom. The lowest BCUT2D eigenvalue weighted by molar-refractivity contribution is -0.129. The van der Waals surface area contributed by atoms with Gasteiger partial charge in [0.05, 0.1) is 0 Å². The van der Waals surface area contributed by atoms with E-state index in [4.69, 9.17) is 0 Å². The van der Waals surface area contributed by atoms with Crippen molar-refractivity contribution in [1.82, 2.24) is 14.7 Å². The Kier molecular flexibility index (Phi) is 6.98. The van der Waals surface area contributed by atoms with Gasteiger partial charge < -0.3 is 15.1 Å². The van der Waals surface area contributed by atoms with E-state index in [0.29, 0.717) is 6.54 Å². The highest BCUT2D eigenvalue weighted by atomic mass is 16.2. The molecule has 8 heteroatoms. The first-order valence-corrected chi connectivity index (χ1v) is 11.9. The van der Waals surface area contributed by atoms with Crippen molar-refractivity contribution >= 4 is 29.2 Å². The molecule has 4 rings (SSSR count). The normalized spacial score (nSPS) is 22.0. The molecule has 8 nitrogen and oxygen atoms in total. The molecule has 3 aliphatic heterocycles. The minimum Gasteiger partial charge on any atom is -0.369 e. The molecule has 0 spiro atoms. The van der Waals surface area contributed by atoms with Crippen LogP contribution in [0.4, 0.5) is 16.2 Å². The first-order valence-electron chi connectivity index (χ1n) is 11.9. The SMILES string of the molecule is CC(C)C(=O)Nc1cccc(N2CCN(CCCN3C(=O)C4CCCCN4C3=O)CC2)c1. The summed E-state index contributed by atoms with van der Waals surface area (Å²) in [6.45, 7) is 9.62. The molecule has 0 saturated carbocycles. The van der Waals surface area contributed by atoms with Crippen molar-refractivity contribution in [1.29, 1.82) is 0 Å². The average Bonchev–Trinajstić information content (AvgIpc) is 3.05. The van der Waals surface area contributed by atoms with Gasteiger partial charge in [0, 0.05) is 56.6 Å². The standard InChI is InChI=1S/C24H35N5O3/c1-18(2)22(30)25-19-7-5-8-20(17-19)27-15-13-26(14-16-27)10-6-12-29-23(31)21-9-3-4-11-28(21)24(29)32/h5,7-8,17-18,21H,3-4,6,9-16H2,1-2H3,(H,25,30). The predicted molar refractivity (Wildman–Crippen MR) is 125 cm³/mol. The minimum absolute atomic E-state index is 0.00367. The Balaban J connectivity index is 1.22. The summed E-state index contributed by atoms with van der Waals surface area (Å²) in [7, 11) is 0. The summed E-state index contributed by atoms with van der Waals surface area (Å²) in [4.78, 5) is 45.1. The zero-order valence-electron chi connectivity index (χ0n) is 19.3. The van der Waals surface area contributed by atoms with Gasteiger partial charge in [0.15, 0.2) is 0 Å². The van der Waals surface area contributed by atoms with Crippen LogP contribution < -0.4 is 10.2 Å². The van der Waals surface area contributed by atoms with Crippen molar-refractivity contribution < 1.29 is 14.4 Å². The lowest BCUT2D eigenvalue weighted by atomic mass is 10.0. The molecule has 174 valence electrons. The number of hydrogen-bond donors (Lipinski definition) is 1. The second-order valence-corrected chi connectivity index (χ2v) is 9.35. The van der Waals surface area contributed by atoms with Crippen LogP contribution in [0.2, 0.25) is 0 Å². The molecule has 1 atom stereocenters.